The SMILES string of the molecule is C#Cc1ccc(CCCCCCCc2cc(OCc3ccccc3)cc(OCc3ccccc3)c2C(=O)OCc2ccccc2)cc1. The number of rotatable bonds is 17. The number of carbonyl (C=O) groups excluding carboxylic acids is 1. The number of carbonyl (C=O) groups is 1. The molecule has 0 atom stereocenters. The second kappa shape index (κ2) is 18.0. The predicted molar refractivity (Wildman–Crippen MR) is 188 cm³/mol. The Labute approximate surface area is 279 Å². The average molecular weight is 623 g/mol. The molecule has 0 N–H and O–H groups in total. The van der Waals surface area contributed by atoms with Crippen LogP contribution in [-0.4, -0.2) is 5.97 Å². The zero-order valence-electron chi connectivity index (χ0n) is 26.9. The van der Waals surface area contributed by atoms with E-state index in [0.29, 0.717) is 36.7 Å². The topological polar surface area (TPSA) is 44.8 Å². The van der Waals surface area contributed by atoms with E-state index in [2.05, 4.69) is 18.1 Å². The first-order valence-corrected chi connectivity index (χ1v) is 16.4. The first kappa shape index (κ1) is 33.1. The summed E-state index contributed by atoms with van der Waals surface area (Å²) in [6.45, 7) is 0.934. The summed E-state index contributed by atoms with van der Waals surface area (Å²) >= 11 is 0. The van der Waals surface area contributed by atoms with E-state index in [1.54, 1.807) is 0 Å². The van der Waals surface area contributed by atoms with Crippen LogP contribution in [0.3, 0.4) is 0 Å². The van der Waals surface area contributed by atoms with Crippen molar-refractivity contribution in [2.75, 3.05) is 0 Å². The molecular weight excluding hydrogens is 580 g/mol. The minimum absolute atomic E-state index is 0.189. The number of hydrogen-bond acceptors (Lipinski definition) is 4. The van der Waals surface area contributed by atoms with Gasteiger partial charge < -0.3 is 14.2 Å². The molecule has 0 saturated carbocycles. The van der Waals surface area contributed by atoms with E-state index in [9.17, 15) is 4.79 Å². The lowest BCUT2D eigenvalue weighted by Crippen LogP contribution is -2.12. The molecule has 4 heteroatoms. The van der Waals surface area contributed by atoms with Gasteiger partial charge in [0.2, 0.25) is 0 Å². The van der Waals surface area contributed by atoms with Crippen LogP contribution in [0, 0.1) is 12.3 Å². The van der Waals surface area contributed by atoms with Crippen LogP contribution in [0.1, 0.15) is 75.8 Å². The van der Waals surface area contributed by atoms with Crippen molar-refractivity contribution in [2.24, 2.45) is 0 Å². The molecule has 0 aliphatic carbocycles. The zero-order valence-corrected chi connectivity index (χ0v) is 26.9. The zero-order chi connectivity index (χ0) is 32.5. The van der Waals surface area contributed by atoms with Crippen LogP contribution in [0.25, 0.3) is 0 Å². The molecule has 0 unspecified atom stereocenters. The highest BCUT2D eigenvalue weighted by molar-refractivity contribution is 5.94. The summed E-state index contributed by atoms with van der Waals surface area (Å²) in [7, 11) is 0. The lowest BCUT2D eigenvalue weighted by Gasteiger charge is -2.18. The van der Waals surface area contributed by atoms with Crippen LogP contribution in [0.2, 0.25) is 0 Å². The van der Waals surface area contributed by atoms with E-state index in [4.69, 9.17) is 20.6 Å². The molecule has 0 fully saturated rings. The van der Waals surface area contributed by atoms with Crippen molar-refractivity contribution in [1.29, 1.82) is 0 Å². The van der Waals surface area contributed by atoms with Crippen LogP contribution in [-0.2, 0) is 37.4 Å². The molecular formula is C43H42O4. The molecule has 5 aromatic rings. The monoisotopic (exact) mass is 622 g/mol. The summed E-state index contributed by atoms with van der Waals surface area (Å²) in [6.07, 6.45) is 12.6. The van der Waals surface area contributed by atoms with E-state index in [1.807, 2.05) is 115 Å². The highest BCUT2D eigenvalue weighted by atomic mass is 16.5. The summed E-state index contributed by atoms with van der Waals surface area (Å²) in [5, 5.41) is 0. The Balaban J connectivity index is 1.29. The molecule has 0 heterocycles. The molecule has 0 amide bonds. The smallest absolute Gasteiger partial charge is 0.342 e. The lowest BCUT2D eigenvalue weighted by atomic mass is 9.98. The van der Waals surface area contributed by atoms with Gasteiger partial charge in [-0.2, -0.15) is 0 Å². The van der Waals surface area contributed by atoms with Crippen LogP contribution >= 0.6 is 0 Å². The molecule has 0 aliphatic rings. The van der Waals surface area contributed by atoms with Gasteiger partial charge in [-0.3, -0.25) is 0 Å². The summed E-state index contributed by atoms with van der Waals surface area (Å²) in [4.78, 5) is 13.8. The molecule has 5 rings (SSSR count). The van der Waals surface area contributed by atoms with Gasteiger partial charge in [0, 0.05) is 11.6 Å². The lowest BCUT2D eigenvalue weighted by molar-refractivity contribution is 0.0466. The van der Waals surface area contributed by atoms with E-state index in [-0.39, 0.29) is 6.61 Å². The number of aryl methyl sites for hydroxylation is 2. The highest BCUT2D eigenvalue weighted by Gasteiger charge is 2.22. The van der Waals surface area contributed by atoms with Crippen molar-refractivity contribution in [2.45, 2.75) is 64.8 Å². The summed E-state index contributed by atoms with van der Waals surface area (Å²) < 4.78 is 18.5. The molecule has 0 aromatic heterocycles. The molecule has 0 radical (unpaired) electrons. The summed E-state index contributed by atoms with van der Waals surface area (Å²) in [6, 6.07) is 41.8. The van der Waals surface area contributed by atoms with Crippen molar-refractivity contribution >= 4 is 5.97 Å². The minimum atomic E-state index is -0.391. The highest BCUT2D eigenvalue weighted by Crippen LogP contribution is 2.33. The molecule has 4 nitrogen and oxygen atoms in total. The van der Waals surface area contributed by atoms with Gasteiger partial charge in [0.1, 0.15) is 36.9 Å². The molecule has 238 valence electrons. The number of terminal acetylenes is 1. The third-order valence-electron chi connectivity index (χ3n) is 8.09. The van der Waals surface area contributed by atoms with Gasteiger partial charge in [0.25, 0.3) is 0 Å². The molecule has 0 spiro atoms. The average Bonchev–Trinajstić information content (AvgIpc) is 3.13. The van der Waals surface area contributed by atoms with Crippen LogP contribution in [0.4, 0.5) is 0 Å². The van der Waals surface area contributed by atoms with Gasteiger partial charge in [-0.15, -0.1) is 6.42 Å². The second-order valence-corrected chi connectivity index (χ2v) is 11.7. The number of ether oxygens (including phenoxy) is 3. The fraction of sp³-hybridized carbons (Fsp3) is 0.233. The van der Waals surface area contributed by atoms with Gasteiger partial charge >= 0.3 is 5.97 Å². The quantitative estimate of drug-likeness (QED) is 0.0588. The standard InChI is InChI=1S/C43H42O4/c1-2-34-25-27-35(28-26-34)17-9-4-3-5-16-24-39-29-40(45-31-36-18-10-6-11-19-36)30-41(46-32-37-20-12-7-13-21-37)42(39)43(44)47-33-38-22-14-8-15-23-38/h1,6-8,10-15,18-23,25-30H,3-5,9,16-17,24,31-33H2. The van der Waals surface area contributed by atoms with Gasteiger partial charge in [-0.1, -0.05) is 128 Å². The molecule has 47 heavy (non-hydrogen) atoms. The number of unbranched alkanes of at least 4 members (excludes halogenated alkanes) is 4. The normalized spacial score (nSPS) is 10.6. The van der Waals surface area contributed by atoms with Gasteiger partial charge in [0.15, 0.2) is 0 Å². The van der Waals surface area contributed by atoms with Gasteiger partial charge in [-0.25, -0.2) is 4.79 Å². The van der Waals surface area contributed by atoms with E-state index >= 15 is 0 Å². The molecule has 0 bridgehead atoms. The Morgan fingerprint density at radius 1 is 0.553 bits per heavy atom. The maximum Gasteiger partial charge on any atom is 0.342 e. The summed E-state index contributed by atoms with van der Waals surface area (Å²) in [5.74, 6) is 3.43. The van der Waals surface area contributed by atoms with E-state index < -0.39 is 5.97 Å². The number of esters is 1. The minimum Gasteiger partial charge on any atom is -0.489 e. The van der Waals surface area contributed by atoms with Crippen molar-refractivity contribution < 1.29 is 19.0 Å². The van der Waals surface area contributed by atoms with Crippen molar-refractivity contribution in [3.63, 3.8) is 0 Å². The van der Waals surface area contributed by atoms with E-state index in [0.717, 1.165) is 66.3 Å². The molecule has 5 aromatic carbocycles. The number of benzene rings is 5. The Kier molecular flexibility index (Phi) is 12.7. The Morgan fingerprint density at radius 2 is 1.09 bits per heavy atom. The van der Waals surface area contributed by atoms with Gasteiger partial charge in [-0.05, 0) is 71.7 Å². The van der Waals surface area contributed by atoms with Crippen molar-refractivity contribution in [3.8, 4) is 23.8 Å². The summed E-state index contributed by atoms with van der Waals surface area (Å²) in [5.41, 5.74) is 6.60. The number of hydrogen-bond donors (Lipinski definition) is 0. The first-order valence-electron chi connectivity index (χ1n) is 16.4. The third kappa shape index (κ3) is 10.7. The maximum absolute atomic E-state index is 13.8. The maximum atomic E-state index is 13.8. The molecule has 0 aliphatic heterocycles. The van der Waals surface area contributed by atoms with E-state index in [1.165, 1.54) is 5.56 Å². The van der Waals surface area contributed by atoms with Crippen LogP contribution < -0.4 is 9.47 Å². The van der Waals surface area contributed by atoms with Crippen LogP contribution in [0.15, 0.2) is 127 Å². The predicted octanol–water partition coefficient (Wildman–Crippen LogP) is 9.92. The van der Waals surface area contributed by atoms with Gasteiger partial charge in [0.05, 0.1) is 0 Å². The largest absolute Gasteiger partial charge is 0.489 e. The van der Waals surface area contributed by atoms with Crippen LogP contribution in [0.5, 0.6) is 11.5 Å². The van der Waals surface area contributed by atoms with Crippen molar-refractivity contribution in [1.82, 2.24) is 0 Å². The Morgan fingerprint density at radius 3 is 1.68 bits per heavy atom. The Bertz CT molecular complexity index is 1710. The fourth-order valence-corrected chi connectivity index (χ4v) is 5.49. The Hall–Kier alpha value is -5.27. The molecule has 0 saturated heterocycles. The second-order valence-electron chi connectivity index (χ2n) is 11.7. The van der Waals surface area contributed by atoms with Crippen molar-refractivity contribution in [3.05, 3.63) is 166 Å². The first-order chi connectivity index (χ1) is 23.2. The fourth-order valence-electron chi connectivity index (χ4n) is 5.49. The third-order valence-corrected chi connectivity index (χ3v) is 8.09.